The monoisotopic (exact) mass is 469 g/mol. The number of unbranched alkanes of at least 4 members (excludes halogenated alkanes) is 1. The molecule has 0 aliphatic carbocycles. The molecular weight excluding hydrogens is 437 g/mol. The molecule has 3 rings (SSSR count). The number of fused-ring (bicyclic) bond motifs is 1. The summed E-state index contributed by atoms with van der Waals surface area (Å²) < 4.78 is 7.13. The van der Waals surface area contributed by atoms with E-state index in [0.717, 1.165) is 44.3 Å². The predicted octanol–water partition coefficient (Wildman–Crippen LogP) is 4.11. The number of nitrogens with one attached hydrogen (secondary N) is 1. The first-order valence-corrected chi connectivity index (χ1v) is 11.2. The molecule has 0 unspecified atom stereocenters. The average molecular weight is 470 g/mol. The normalized spacial score (nSPS) is 16.4. The Morgan fingerprint density at radius 2 is 2.13 bits per heavy atom. The molecule has 1 saturated heterocycles. The molecule has 1 aliphatic heterocycles. The van der Waals surface area contributed by atoms with Crippen molar-refractivity contribution in [1.29, 1.82) is 0 Å². The van der Waals surface area contributed by atoms with Crippen LogP contribution in [0.3, 0.4) is 0 Å². The molecule has 8 heteroatoms. The first-order chi connectivity index (χ1) is 14.4. The maximum Gasteiger partial charge on any atom is 0.259 e. The zero-order chi connectivity index (χ0) is 21.7. The third kappa shape index (κ3) is 6.01. The summed E-state index contributed by atoms with van der Waals surface area (Å²) in [7, 11) is 1.69. The molecule has 1 atom stereocenters. The Kier molecular flexibility index (Phi) is 9.82. The number of piperidine rings is 1. The standard InChI is InChI=1S/C23H32ClN3O3.ClH/c1-16(2)27(18-7-6-10-25-14-18)23(29)20-15-26(11-4-5-12-30-3)21-13-17(24)8-9-19(21)22(20)28;/h8-9,13,15-16,18,25H,4-7,10-12,14H2,1-3H3;1H/t18-;/m1./s1. The van der Waals surface area contributed by atoms with Gasteiger partial charge in [-0.05, 0) is 64.3 Å². The van der Waals surface area contributed by atoms with Gasteiger partial charge in [-0.2, -0.15) is 0 Å². The van der Waals surface area contributed by atoms with Crippen LogP contribution < -0.4 is 10.7 Å². The number of methoxy groups -OCH3 is 1. The molecule has 1 fully saturated rings. The number of nitrogens with zero attached hydrogens (tertiary/aromatic N) is 2. The maximum atomic E-state index is 13.6. The number of ether oxygens (including phenoxy) is 1. The van der Waals surface area contributed by atoms with Gasteiger partial charge in [0, 0.05) is 55.5 Å². The lowest BCUT2D eigenvalue weighted by atomic mass is 10.0. The molecular formula is C23H33Cl2N3O3. The topological polar surface area (TPSA) is 63.6 Å². The Labute approximate surface area is 195 Å². The summed E-state index contributed by atoms with van der Waals surface area (Å²) in [6.45, 7) is 7.13. The molecule has 31 heavy (non-hydrogen) atoms. The SMILES string of the molecule is COCCCCn1cc(C(=O)N(C(C)C)[C@@H]2CCCNC2)c(=O)c2ccc(Cl)cc21.Cl. The first-order valence-electron chi connectivity index (χ1n) is 10.8. The Bertz CT molecular complexity index is 940. The Morgan fingerprint density at radius 1 is 1.35 bits per heavy atom. The van der Waals surface area contributed by atoms with E-state index < -0.39 is 0 Å². The highest BCUT2D eigenvalue weighted by Gasteiger charge is 2.30. The Hall–Kier alpha value is -1.60. The summed E-state index contributed by atoms with van der Waals surface area (Å²) in [6.07, 6.45) is 5.49. The van der Waals surface area contributed by atoms with Crippen molar-refractivity contribution in [1.82, 2.24) is 14.8 Å². The second kappa shape index (κ2) is 11.9. The van der Waals surface area contributed by atoms with Gasteiger partial charge in [0.2, 0.25) is 5.43 Å². The number of aromatic nitrogens is 1. The van der Waals surface area contributed by atoms with E-state index >= 15 is 0 Å². The van der Waals surface area contributed by atoms with E-state index in [4.69, 9.17) is 16.3 Å². The number of hydrogen-bond donors (Lipinski definition) is 1. The lowest BCUT2D eigenvalue weighted by Gasteiger charge is -2.37. The van der Waals surface area contributed by atoms with E-state index in [0.29, 0.717) is 23.6 Å². The van der Waals surface area contributed by atoms with Crippen molar-refractivity contribution < 1.29 is 9.53 Å². The van der Waals surface area contributed by atoms with Gasteiger partial charge in [-0.1, -0.05) is 11.6 Å². The third-order valence-electron chi connectivity index (χ3n) is 5.73. The van der Waals surface area contributed by atoms with Crippen LogP contribution in [0, 0.1) is 0 Å². The van der Waals surface area contributed by atoms with Crippen molar-refractivity contribution in [2.45, 2.75) is 58.2 Å². The molecule has 0 radical (unpaired) electrons. The number of pyridine rings is 1. The average Bonchev–Trinajstić information content (AvgIpc) is 2.73. The predicted molar refractivity (Wildman–Crippen MR) is 129 cm³/mol. The second-order valence-corrected chi connectivity index (χ2v) is 8.67. The fraction of sp³-hybridized carbons (Fsp3) is 0.565. The van der Waals surface area contributed by atoms with Gasteiger partial charge in [0.05, 0.1) is 5.52 Å². The van der Waals surface area contributed by atoms with Crippen LogP contribution in [0.15, 0.2) is 29.2 Å². The van der Waals surface area contributed by atoms with Gasteiger partial charge in [-0.3, -0.25) is 9.59 Å². The molecule has 0 saturated carbocycles. The Morgan fingerprint density at radius 3 is 2.77 bits per heavy atom. The fourth-order valence-electron chi connectivity index (χ4n) is 4.26. The molecule has 2 aromatic rings. The number of halogens is 2. The summed E-state index contributed by atoms with van der Waals surface area (Å²) >= 11 is 6.21. The number of aryl methyl sites for hydroxylation is 1. The van der Waals surface area contributed by atoms with Crippen molar-refractivity contribution in [3.8, 4) is 0 Å². The number of benzene rings is 1. The molecule has 2 heterocycles. The highest BCUT2D eigenvalue weighted by molar-refractivity contribution is 6.31. The van der Waals surface area contributed by atoms with Gasteiger partial charge in [0.1, 0.15) is 5.56 Å². The van der Waals surface area contributed by atoms with Crippen molar-refractivity contribution in [3.05, 3.63) is 45.2 Å². The lowest BCUT2D eigenvalue weighted by Crippen LogP contribution is -2.52. The van der Waals surface area contributed by atoms with Gasteiger partial charge in [-0.25, -0.2) is 0 Å². The minimum atomic E-state index is -0.228. The van der Waals surface area contributed by atoms with Crippen LogP contribution in [0.25, 0.3) is 10.9 Å². The number of carbonyl (C=O) groups is 1. The summed E-state index contributed by atoms with van der Waals surface area (Å²) in [4.78, 5) is 28.7. The van der Waals surface area contributed by atoms with Gasteiger partial charge < -0.3 is 19.5 Å². The highest BCUT2D eigenvalue weighted by atomic mass is 35.5. The second-order valence-electron chi connectivity index (χ2n) is 8.23. The quantitative estimate of drug-likeness (QED) is 0.590. The zero-order valence-corrected chi connectivity index (χ0v) is 20.1. The van der Waals surface area contributed by atoms with E-state index in [1.54, 1.807) is 31.5 Å². The molecule has 172 valence electrons. The van der Waals surface area contributed by atoms with Crippen LogP contribution in [-0.2, 0) is 11.3 Å². The maximum absolute atomic E-state index is 13.6. The fourth-order valence-corrected chi connectivity index (χ4v) is 4.43. The Balaban J connectivity index is 0.00000341. The van der Waals surface area contributed by atoms with Crippen LogP contribution in [-0.4, -0.2) is 54.3 Å². The van der Waals surface area contributed by atoms with Crippen molar-refractivity contribution in [2.24, 2.45) is 0 Å². The molecule has 1 aliphatic rings. The highest BCUT2D eigenvalue weighted by Crippen LogP contribution is 2.21. The smallest absolute Gasteiger partial charge is 0.259 e. The largest absolute Gasteiger partial charge is 0.385 e. The minimum Gasteiger partial charge on any atom is -0.385 e. The van der Waals surface area contributed by atoms with Crippen LogP contribution in [0.5, 0.6) is 0 Å². The molecule has 0 bridgehead atoms. The van der Waals surface area contributed by atoms with Gasteiger partial charge in [0.15, 0.2) is 0 Å². The number of rotatable bonds is 8. The summed E-state index contributed by atoms with van der Waals surface area (Å²) in [5.74, 6) is -0.189. The molecule has 6 nitrogen and oxygen atoms in total. The van der Waals surface area contributed by atoms with Crippen LogP contribution in [0.4, 0.5) is 0 Å². The number of hydrogen-bond acceptors (Lipinski definition) is 4. The van der Waals surface area contributed by atoms with Crippen LogP contribution in [0.1, 0.15) is 49.9 Å². The van der Waals surface area contributed by atoms with Crippen molar-refractivity contribution in [3.63, 3.8) is 0 Å². The van der Waals surface area contributed by atoms with E-state index in [9.17, 15) is 9.59 Å². The van der Waals surface area contributed by atoms with Gasteiger partial charge >= 0.3 is 0 Å². The van der Waals surface area contributed by atoms with Gasteiger partial charge in [-0.15, -0.1) is 12.4 Å². The molecule has 1 N–H and O–H groups in total. The van der Waals surface area contributed by atoms with E-state index in [1.165, 1.54) is 0 Å². The van der Waals surface area contributed by atoms with E-state index in [1.807, 2.05) is 23.3 Å². The van der Waals surface area contributed by atoms with Crippen molar-refractivity contribution in [2.75, 3.05) is 26.8 Å². The molecule has 1 aromatic heterocycles. The van der Waals surface area contributed by atoms with Crippen LogP contribution in [0.2, 0.25) is 5.02 Å². The van der Waals surface area contributed by atoms with Crippen molar-refractivity contribution >= 4 is 40.8 Å². The minimum absolute atomic E-state index is 0. The summed E-state index contributed by atoms with van der Waals surface area (Å²) in [5, 5.41) is 4.48. The zero-order valence-electron chi connectivity index (χ0n) is 18.5. The number of amides is 1. The lowest BCUT2D eigenvalue weighted by molar-refractivity contribution is 0.0571. The van der Waals surface area contributed by atoms with E-state index in [2.05, 4.69) is 5.32 Å². The summed E-state index contributed by atoms with van der Waals surface area (Å²) in [6, 6.07) is 5.35. The third-order valence-corrected chi connectivity index (χ3v) is 5.96. The molecule has 1 amide bonds. The summed E-state index contributed by atoms with van der Waals surface area (Å²) in [5.41, 5.74) is 0.766. The first kappa shape index (κ1) is 25.7. The molecule has 0 spiro atoms. The molecule has 1 aromatic carbocycles. The van der Waals surface area contributed by atoms with Gasteiger partial charge in [0.25, 0.3) is 5.91 Å². The van der Waals surface area contributed by atoms with E-state index in [-0.39, 0.29) is 41.4 Å². The number of carbonyl (C=O) groups excluding carboxylic acids is 1. The van der Waals surface area contributed by atoms with Crippen LogP contribution >= 0.6 is 24.0 Å².